The Hall–Kier alpha value is -1.36. The van der Waals surface area contributed by atoms with Gasteiger partial charge in [-0.25, -0.2) is 9.97 Å². The summed E-state index contributed by atoms with van der Waals surface area (Å²) in [6.45, 7) is 10.9. The summed E-state index contributed by atoms with van der Waals surface area (Å²) in [6, 6.07) is 1.75. The molecule has 0 radical (unpaired) electrons. The summed E-state index contributed by atoms with van der Waals surface area (Å²) in [5.41, 5.74) is 5.04. The lowest BCUT2D eigenvalue weighted by atomic mass is 10.1. The molecule has 1 rings (SSSR count). The van der Waals surface area contributed by atoms with Gasteiger partial charge in [-0.15, -0.1) is 0 Å². The molecule has 0 aliphatic carbocycles. The van der Waals surface area contributed by atoms with Gasteiger partial charge in [0.1, 0.15) is 17.5 Å². The molecule has 102 valence electrons. The monoisotopic (exact) mass is 252 g/mol. The molecule has 0 atom stereocenters. The number of nitrogen functional groups attached to an aromatic ring is 1. The summed E-state index contributed by atoms with van der Waals surface area (Å²) in [7, 11) is 0. The van der Waals surface area contributed by atoms with Crippen molar-refractivity contribution in [3.8, 4) is 0 Å². The molecule has 18 heavy (non-hydrogen) atoms. The number of likely N-dealkylation sites (N-methyl/N-ethyl adjacent to an activating group) is 1. The number of rotatable bonds is 5. The second-order valence-electron chi connectivity index (χ2n) is 5.49. The fourth-order valence-electron chi connectivity index (χ4n) is 1.71. The molecule has 0 spiro atoms. The second kappa shape index (κ2) is 5.52. The standard InChI is InChI=1S/C13H24N4O/c1-6-17(8-13(4,5)18)11-7-10(14)15-12(16-11)9(2)3/h7,9,18H,6,8H2,1-5H3,(H2,14,15,16). The van der Waals surface area contributed by atoms with Gasteiger partial charge in [-0.2, -0.15) is 0 Å². The van der Waals surface area contributed by atoms with Crippen LogP contribution in [-0.2, 0) is 0 Å². The van der Waals surface area contributed by atoms with Gasteiger partial charge in [0.2, 0.25) is 0 Å². The highest BCUT2D eigenvalue weighted by molar-refractivity contribution is 5.47. The Morgan fingerprint density at radius 1 is 1.39 bits per heavy atom. The number of hydrogen-bond donors (Lipinski definition) is 2. The predicted molar refractivity (Wildman–Crippen MR) is 74.7 cm³/mol. The van der Waals surface area contributed by atoms with Gasteiger partial charge in [0.05, 0.1) is 5.60 Å². The van der Waals surface area contributed by atoms with Gasteiger partial charge in [0.25, 0.3) is 0 Å². The van der Waals surface area contributed by atoms with E-state index in [2.05, 4.69) is 9.97 Å². The Kier molecular flexibility index (Phi) is 4.51. The zero-order valence-corrected chi connectivity index (χ0v) is 11.9. The van der Waals surface area contributed by atoms with Gasteiger partial charge in [0.15, 0.2) is 0 Å². The smallest absolute Gasteiger partial charge is 0.135 e. The molecule has 3 N–H and O–H groups in total. The van der Waals surface area contributed by atoms with Crippen LogP contribution < -0.4 is 10.6 Å². The molecule has 1 heterocycles. The average Bonchev–Trinajstić information content (AvgIpc) is 2.23. The Bertz CT molecular complexity index is 398. The van der Waals surface area contributed by atoms with Crippen molar-refractivity contribution in [3.05, 3.63) is 11.9 Å². The molecular weight excluding hydrogens is 228 g/mol. The number of nitrogens with zero attached hydrogens (tertiary/aromatic N) is 3. The molecule has 0 bridgehead atoms. The minimum absolute atomic E-state index is 0.230. The summed E-state index contributed by atoms with van der Waals surface area (Å²) in [6.07, 6.45) is 0. The van der Waals surface area contributed by atoms with E-state index in [0.717, 1.165) is 18.2 Å². The van der Waals surface area contributed by atoms with Gasteiger partial charge >= 0.3 is 0 Å². The first-order valence-corrected chi connectivity index (χ1v) is 6.34. The lowest BCUT2D eigenvalue weighted by molar-refractivity contribution is 0.0874. The van der Waals surface area contributed by atoms with Crippen molar-refractivity contribution in [1.29, 1.82) is 0 Å². The van der Waals surface area contributed by atoms with Gasteiger partial charge < -0.3 is 15.7 Å². The van der Waals surface area contributed by atoms with Crippen LogP contribution in [0.4, 0.5) is 11.6 Å². The van der Waals surface area contributed by atoms with Gasteiger partial charge in [-0.05, 0) is 20.8 Å². The quantitative estimate of drug-likeness (QED) is 0.835. The van der Waals surface area contributed by atoms with Gasteiger partial charge in [0, 0.05) is 25.1 Å². The van der Waals surface area contributed by atoms with E-state index in [4.69, 9.17) is 5.73 Å². The third kappa shape index (κ3) is 4.14. The maximum Gasteiger partial charge on any atom is 0.135 e. The van der Waals surface area contributed by atoms with E-state index < -0.39 is 5.60 Å². The predicted octanol–water partition coefficient (Wildman–Crippen LogP) is 1.78. The molecule has 1 aromatic heterocycles. The first kappa shape index (κ1) is 14.7. The molecule has 0 saturated heterocycles. The first-order chi connectivity index (χ1) is 8.23. The topological polar surface area (TPSA) is 75.3 Å². The van der Waals surface area contributed by atoms with Crippen LogP contribution in [0.25, 0.3) is 0 Å². The SMILES string of the molecule is CCN(CC(C)(C)O)c1cc(N)nc(C(C)C)n1. The number of aliphatic hydroxyl groups is 1. The zero-order chi connectivity index (χ0) is 13.9. The minimum atomic E-state index is -0.770. The van der Waals surface area contributed by atoms with Crippen molar-refractivity contribution >= 4 is 11.6 Å². The summed E-state index contributed by atoms with van der Waals surface area (Å²) in [4.78, 5) is 10.7. The van der Waals surface area contributed by atoms with E-state index in [-0.39, 0.29) is 5.92 Å². The molecule has 0 aliphatic heterocycles. The van der Waals surface area contributed by atoms with Crippen LogP contribution in [0.2, 0.25) is 0 Å². The summed E-state index contributed by atoms with van der Waals surface area (Å²) < 4.78 is 0. The maximum atomic E-state index is 9.91. The van der Waals surface area contributed by atoms with Crippen LogP contribution in [0.3, 0.4) is 0 Å². The van der Waals surface area contributed by atoms with Gasteiger partial charge in [-0.1, -0.05) is 13.8 Å². The van der Waals surface area contributed by atoms with Crippen molar-refractivity contribution in [3.63, 3.8) is 0 Å². The lowest BCUT2D eigenvalue weighted by Crippen LogP contribution is -2.39. The Morgan fingerprint density at radius 3 is 2.44 bits per heavy atom. The third-order valence-corrected chi connectivity index (χ3v) is 2.55. The molecular formula is C13H24N4O. The van der Waals surface area contributed by atoms with Crippen LogP contribution in [0, 0.1) is 0 Å². The first-order valence-electron chi connectivity index (χ1n) is 6.34. The van der Waals surface area contributed by atoms with Crippen molar-refractivity contribution in [1.82, 2.24) is 9.97 Å². The fourth-order valence-corrected chi connectivity index (χ4v) is 1.71. The van der Waals surface area contributed by atoms with Crippen LogP contribution in [0.5, 0.6) is 0 Å². The Balaban J connectivity index is 3.05. The Labute approximate surface area is 109 Å². The highest BCUT2D eigenvalue weighted by Gasteiger charge is 2.19. The van der Waals surface area contributed by atoms with E-state index in [0.29, 0.717) is 12.4 Å². The molecule has 0 saturated carbocycles. The van der Waals surface area contributed by atoms with E-state index in [1.165, 1.54) is 0 Å². The van der Waals surface area contributed by atoms with Crippen molar-refractivity contribution in [2.75, 3.05) is 23.7 Å². The van der Waals surface area contributed by atoms with Crippen molar-refractivity contribution < 1.29 is 5.11 Å². The van der Waals surface area contributed by atoms with E-state index >= 15 is 0 Å². The summed E-state index contributed by atoms with van der Waals surface area (Å²) in [5, 5.41) is 9.91. The molecule has 0 unspecified atom stereocenters. The number of anilines is 2. The minimum Gasteiger partial charge on any atom is -0.389 e. The largest absolute Gasteiger partial charge is 0.389 e. The van der Waals surface area contributed by atoms with Crippen LogP contribution >= 0.6 is 0 Å². The van der Waals surface area contributed by atoms with Crippen LogP contribution in [0.15, 0.2) is 6.07 Å². The molecule has 0 aromatic carbocycles. The van der Waals surface area contributed by atoms with Crippen molar-refractivity contribution in [2.24, 2.45) is 0 Å². The highest BCUT2D eigenvalue weighted by atomic mass is 16.3. The number of hydrogen-bond acceptors (Lipinski definition) is 5. The molecule has 1 aromatic rings. The molecule has 5 heteroatoms. The Morgan fingerprint density at radius 2 is 2.00 bits per heavy atom. The average molecular weight is 252 g/mol. The zero-order valence-electron chi connectivity index (χ0n) is 11.9. The van der Waals surface area contributed by atoms with E-state index in [9.17, 15) is 5.11 Å². The highest BCUT2D eigenvalue weighted by Crippen LogP contribution is 2.20. The summed E-state index contributed by atoms with van der Waals surface area (Å²) in [5.74, 6) is 2.21. The third-order valence-electron chi connectivity index (χ3n) is 2.55. The van der Waals surface area contributed by atoms with Crippen molar-refractivity contribution in [2.45, 2.75) is 46.1 Å². The molecule has 5 nitrogen and oxygen atoms in total. The summed E-state index contributed by atoms with van der Waals surface area (Å²) >= 11 is 0. The second-order valence-corrected chi connectivity index (χ2v) is 5.49. The van der Waals surface area contributed by atoms with E-state index in [1.807, 2.05) is 25.7 Å². The number of nitrogens with two attached hydrogens (primary N) is 1. The normalized spacial score (nSPS) is 11.9. The van der Waals surface area contributed by atoms with Crippen LogP contribution in [-0.4, -0.2) is 33.8 Å². The molecule has 0 fully saturated rings. The number of aromatic nitrogens is 2. The van der Waals surface area contributed by atoms with Crippen LogP contribution in [0.1, 0.15) is 46.4 Å². The fraction of sp³-hybridized carbons (Fsp3) is 0.692. The van der Waals surface area contributed by atoms with E-state index in [1.54, 1.807) is 19.9 Å². The molecule has 0 aliphatic rings. The molecule has 0 amide bonds. The maximum absolute atomic E-state index is 9.91. The lowest BCUT2D eigenvalue weighted by Gasteiger charge is -2.29. The van der Waals surface area contributed by atoms with Gasteiger partial charge in [-0.3, -0.25) is 0 Å².